The summed E-state index contributed by atoms with van der Waals surface area (Å²) in [6, 6.07) is 24.5. The standard InChI is InChI=1S/C14H12O2.C7H8O3S/c15-14(16)13(11-7-3-1-4-8-11)12-9-5-2-6-10-12;1-6-2-4-7(5-3-6)11(8,9)10/h1-10,13H,(H,15,16);2-5H,1H3,(H,8,9,10). The molecule has 0 aromatic heterocycles. The minimum atomic E-state index is -4.02. The Labute approximate surface area is 158 Å². The first-order chi connectivity index (χ1) is 12.8. The van der Waals surface area contributed by atoms with Crippen LogP contribution in [0, 0.1) is 6.92 Å². The average Bonchev–Trinajstić information content (AvgIpc) is 2.63. The highest BCUT2D eigenvalue weighted by molar-refractivity contribution is 7.85. The van der Waals surface area contributed by atoms with Gasteiger partial charge in [0.1, 0.15) is 5.92 Å². The third-order valence-corrected chi connectivity index (χ3v) is 4.70. The largest absolute Gasteiger partial charge is 0.481 e. The Kier molecular flexibility index (Phi) is 6.87. The molecular weight excluding hydrogens is 364 g/mol. The maximum atomic E-state index is 11.3. The molecule has 0 saturated heterocycles. The maximum Gasteiger partial charge on any atom is 0.315 e. The third kappa shape index (κ3) is 6.06. The summed E-state index contributed by atoms with van der Waals surface area (Å²) >= 11 is 0. The van der Waals surface area contributed by atoms with E-state index in [1.165, 1.54) is 12.1 Å². The van der Waals surface area contributed by atoms with Crippen LogP contribution in [0.25, 0.3) is 0 Å². The number of aryl methyl sites for hydroxylation is 1. The van der Waals surface area contributed by atoms with Gasteiger partial charge in [-0.2, -0.15) is 8.42 Å². The number of carboxylic acids is 1. The van der Waals surface area contributed by atoms with E-state index in [2.05, 4.69) is 0 Å². The molecule has 0 aliphatic heterocycles. The van der Waals surface area contributed by atoms with Gasteiger partial charge in [0.05, 0.1) is 4.90 Å². The van der Waals surface area contributed by atoms with Crippen LogP contribution in [0.4, 0.5) is 0 Å². The van der Waals surface area contributed by atoms with Crippen molar-refractivity contribution >= 4 is 16.1 Å². The van der Waals surface area contributed by atoms with Crippen molar-refractivity contribution in [3.8, 4) is 0 Å². The van der Waals surface area contributed by atoms with E-state index < -0.39 is 22.0 Å². The highest BCUT2D eigenvalue weighted by Gasteiger charge is 2.21. The van der Waals surface area contributed by atoms with Crippen molar-refractivity contribution in [2.24, 2.45) is 0 Å². The summed E-state index contributed by atoms with van der Waals surface area (Å²) in [6.45, 7) is 1.84. The van der Waals surface area contributed by atoms with Crippen LogP contribution < -0.4 is 0 Å². The average molecular weight is 384 g/mol. The predicted octanol–water partition coefficient (Wildman–Crippen LogP) is 4.14. The van der Waals surface area contributed by atoms with Crippen molar-refractivity contribution in [3.05, 3.63) is 102 Å². The molecule has 0 atom stereocenters. The van der Waals surface area contributed by atoms with E-state index in [-0.39, 0.29) is 4.90 Å². The fourth-order valence-electron chi connectivity index (χ4n) is 2.48. The van der Waals surface area contributed by atoms with Crippen molar-refractivity contribution < 1.29 is 22.9 Å². The molecule has 27 heavy (non-hydrogen) atoms. The second kappa shape index (κ2) is 9.12. The van der Waals surface area contributed by atoms with Crippen LogP contribution in [0.1, 0.15) is 22.6 Å². The van der Waals surface area contributed by atoms with Crippen LogP contribution in [0.2, 0.25) is 0 Å². The third-order valence-electron chi connectivity index (χ3n) is 3.83. The Morgan fingerprint density at radius 1 is 0.778 bits per heavy atom. The molecule has 140 valence electrons. The Morgan fingerprint density at radius 2 is 1.19 bits per heavy atom. The first kappa shape index (κ1) is 20.4. The SMILES string of the molecule is Cc1ccc(S(=O)(=O)O)cc1.O=C(O)C(c1ccccc1)c1ccccc1. The molecule has 3 rings (SSSR count). The van der Waals surface area contributed by atoms with Crippen LogP contribution in [0.15, 0.2) is 89.8 Å². The summed E-state index contributed by atoms with van der Waals surface area (Å²) in [4.78, 5) is 11.2. The molecule has 0 unspecified atom stereocenters. The first-order valence-electron chi connectivity index (χ1n) is 8.16. The predicted molar refractivity (Wildman–Crippen MR) is 103 cm³/mol. The van der Waals surface area contributed by atoms with Crippen molar-refractivity contribution in [1.82, 2.24) is 0 Å². The molecule has 3 aromatic rings. The summed E-state index contributed by atoms with van der Waals surface area (Å²) in [5, 5.41) is 9.28. The molecule has 3 aromatic carbocycles. The van der Waals surface area contributed by atoms with Gasteiger partial charge in [0, 0.05) is 0 Å². The van der Waals surface area contributed by atoms with Gasteiger partial charge in [-0.05, 0) is 30.2 Å². The minimum Gasteiger partial charge on any atom is -0.481 e. The zero-order valence-electron chi connectivity index (χ0n) is 14.7. The number of carboxylic acid groups (broad SMARTS) is 1. The lowest BCUT2D eigenvalue weighted by Crippen LogP contribution is -2.12. The molecule has 0 bridgehead atoms. The lowest BCUT2D eigenvalue weighted by atomic mass is 9.92. The van der Waals surface area contributed by atoms with Crippen molar-refractivity contribution in [3.63, 3.8) is 0 Å². The molecule has 0 saturated carbocycles. The van der Waals surface area contributed by atoms with Gasteiger partial charge in [0.25, 0.3) is 10.1 Å². The molecule has 0 aliphatic rings. The van der Waals surface area contributed by atoms with Gasteiger partial charge in [-0.1, -0.05) is 78.4 Å². The number of benzene rings is 3. The van der Waals surface area contributed by atoms with Gasteiger partial charge < -0.3 is 5.11 Å². The summed E-state index contributed by atoms with van der Waals surface area (Å²) in [7, 11) is -4.02. The number of carbonyl (C=O) groups is 1. The highest BCUT2D eigenvalue weighted by atomic mass is 32.2. The fourth-order valence-corrected chi connectivity index (χ4v) is 2.96. The van der Waals surface area contributed by atoms with Crippen LogP contribution in [0.3, 0.4) is 0 Å². The van der Waals surface area contributed by atoms with Crippen molar-refractivity contribution in [2.45, 2.75) is 17.7 Å². The zero-order chi connectivity index (χ0) is 19.9. The van der Waals surface area contributed by atoms with Crippen LogP contribution in [-0.4, -0.2) is 24.0 Å². The second-order valence-corrected chi connectivity index (χ2v) is 7.30. The molecule has 0 heterocycles. The Bertz CT molecular complexity index is 927. The van der Waals surface area contributed by atoms with E-state index in [1.54, 1.807) is 12.1 Å². The molecule has 0 fully saturated rings. The maximum absolute atomic E-state index is 11.3. The van der Waals surface area contributed by atoms with Gasteiger partial charge in [0.15, 0.2) is 0 Å². The molecule has 0 spiro atoms. The van der Waals surface area contributed by atoms with Crippen molar-refractivity contribution in [1.29, 1.82) is 0 Å². The van der Waals surface area contributed by atoms with Gasteiger partial charge in [0.2, 0.25) is 0 Å². The number of hydrogen-bond acceptors (Lipinski definition) is 3. The highest BCUT2D eigenvalue weighted by Crippen LogP contribution is 2.24. The molecule has 0 amide bonds. The van der Waals surface area contributed by atoms with E-state index in [0.717, 1.165) is 16.7 Å². The van der Waals surface area contributed by atoms with E-state index in [4.69, 9.17) is 4.55 Å². The molecule has 6 heteroatoms. The fraction of sp³-hybridized carbons (Fsp3) is 0.0952. The van der Waals surface area contributed by atoms with Gasteiger partial charge >= 0.3 is 5.97 Å². The Hall–Kier alpha value is -2.96. The topological polar surface area (TPSA) is 91.7 Å². The zero-order valence-corrected chi connectivity index (χ0v) is 15.5. The Balaban J connectivity index is 0.000000208. The molecular formula is C21H20O5S. The van der Waals surface area contributed by atoms with Gasteiger partial charge in [-0.3, -0.25) is 9.35 Å². The van der Waals surface area contributed by atoms with E-state index in [1.807, 2.05) is 67.6 Å². The smallest absolute Gasteiger partial charge is 0.315 e. The van der Waals surface area contributed by atoms with Crippen LogP contribution >= 0.6 is 0 Å². The van der Waals surface area contributed by atoms with Gasteiger partial charge in [-0.25, -0.2) is 0 Å². The van der Waals surface area contributed by atoms with Gasteiger partial charge in [-0.15, -0.1) is 0 Å². The van der Waals surface area contributed by atoms with E-state index in [9.17, 15) is 18.3 Å². The molecule has 5 nitrogen and oxygen atoms in total. The number of hydrogen-bond donors (Lipinski definition) is 2. The van der Waals surface area contributed by atoms with Crippen LogP contribution in [-0.2, 0) is 14.9 Å². The summed E-state index contributed by atoms with van der Waals surface area (Å²) in [6.07, 6.45) is 0. The van der Waals surface area contributed by atoms with E-state index >= 15 is 0 Å². The van der Waals surface area contributed by atoms with Crippen molar-refractivity contribution in [2.75, 3.05) is 0 Å². The minimum absolute atomic E-state index is 0.0666. The molecule has 0 radical (unpaired) electrons. The Morgan fingerprint density at radius 3 is 1.52 bits per heavy atom. The quantitative estimate of drug-likeness (QED) is 0.660. The summed E-state index contributed by atoms with van der Waals surface area (Å²) in [5.41, 5.74) is 2.57. The normalized spacial score (nSPS) is 10.8. The second-order valence-electron chi connectivity index (χ2n) is 5.88. The summed E-state index contributed by atoms with van der Waals surface area (Å²) in [5.74, 6) is -1.40. The summed E-state index contributed by atoms with van der Waals surface area (Å²) < 4.78 is 29.6. The lowest BCUT2D eigenvalue weighted by molar-refractivity contribution is -0.137. The first-order valence-corrected chi connectivity index (χ1v) is 9.60. The molecule has 2 N–H and O–H groups in total. The molecule has 0 aliphatic carbocycles. The van der Waals surface area contributed by atoms with Crippen LogP contribution in [0.5, 0.6) is 0 Å². The monoisotopic (exact) mass is 384 g/mol. The lowest BCUT2D eigenvalue weighted by Gasteiger charge is -2.12. The number of aliphatic carboxylic acids is 1. The van der Waals surface area contributed by atoms with E-state index in [0.29, 0.717) is 0 Å². The number of rotatable bonds is 4.